The largest absolute Gasteiger partial charge is 0.465 e. The van der Waals surface area contributed by atoms with Gasteiger partial charge in [-0.2, -0.15) is 4.39 Å². The quantitative estimate of drug-likeness (QED) is 0.0800. The van der Waals surface area contributed by atoms with Crippen LogP contribution in [-0.2, 0) is 30.1 Å². The van der Waals surface area contributed by atoms with E-state index < -0.39 is 40.4 Å². The molecule has 21 heteroatoms. The predicted molar refractivity (Wildman–Crippen MR) is 282 cm³/mol. The molecule has 0 spiro atoms. The fourth-order valence-corrected chi connectivity index (χ4v) is 9.00. The maximum Gasteiger partial charge on any atom is 0.341 e. The summed E-state index contributed by atoms with van der Waals surface area (Å²) in [5, 5.41) is 19.5. The first-order valence-corrected chi connectivity index (χ1v) is 25.2. The fraction of sp³-hybridized carbons (Fsp3) is 0.281. The van der Waals surface area contributed by atoms with Gasteiger partial charge >= 0.3 is 5.97 Å². The maximum atomic E-state index is 15.0. The number of esters is 1. The van der Waals surface area contributed by atoms with E-state index in [9.17, 15) is 22.4 Å². The number of ether oxygens (including phenoxy) is 2. The molecule has 0 saturated heterocycles. The number of oxazole rings is 2. The van der Waals surface area contributed by atoms with Gasteiger partial charge in [-0.25, -0.2) is 42.3 Å². The zero-order valence-electron chi connectivity index (χ0n) is 43.5. The van der Waals surface area contributed by atoms with E-state index in [2.05, 4.69) is 45.4 Å². The van der Waals surface area contributed by atoms with Crippen LogP contribution in [0, 0.1) is 29.1 Å². The second-order valence-corrected chi connectivity index (χ2v) is 18.9. The van der Waals surface area contributed by atoms with Crippen LogP contribution in [0.5, 0.6) is 0 Å². The molecule has 1 N–H and O–H groups in total. The molecule has 0 radical (unpaired) electrons. The molecule has 78 heavy (non-hydrogen) atoms. The smallest absolute Gasteiger partial charge is 0.341 e. The lowest BCUT2D eigenvalue weighted by molar-refractivity contribution is 0.0594. The third-order valence-electron chi connectivity index (χ3n) is 13.2. The number of fused-ring (bicyclic) bond motifs is 2. The number of rotatable bonds is 14. The molecule has 16 nitrogen and oxygen atoms in total. The van der Waals surface area contributed by atoms with Gasteiger partial charge in [-0.05, 0) is 127 Å². The average Bonchev–Trinajstić information content (AvgIpc) is 4.38. The summed E-state index contributed by atoms with van der Waals surface area (Å²) in [7, 11) is 6.28. The number of nitrogens with one attached hydrogen (secondary N) is 1. The van der Waals surface area contributed by atoms with Gasteiger partial charge in [-0.15, -0.1) is 20.4 Å². The van der Waals surface area contributed by atoms with Crippen molar-refractivity contribution in [3.8, 4) is 68.2 Å². The van der Waals surface area contributed by atoms with E-state index in [4.69, 9.17) is 18.6 Å². The van der Waals surface area contributed by atoms with Crippen molar-refractivity contribution in [3.63, 3.8) is 0 Å². The van der Waals surface area contributed by atoms with Crippen LogP contribution in [0.4, 0.5) is 22.0 Å². The SMILES string of the molecule is CC.COC(=O)c1cc2nc(-c3cc(-c4ccc(F)cc4-c4nncn4C)cc(C4CC4)n3)oc2c(F)c1F.COC[C@@H](C)NCc1cc(F)c2oc(-c3cc(-c4ccc(F)cc4-c4nncn4C)cc(C4CC4)n3)nc2c1.[HH]. The van der Waals surface area contributed by atoms with Crippen molar-refractivity contribution < 1.29 is 46.5 Å². The van der Waals surface area contributed by atoms with Crippen molar-refractivity contribution in [1.82, 2.24) is 54.8 Å². The monoisotopic (exact) mass is 1070 g/mol. The van der Waals surface area contributed by atoms with Gasteiger partial charge in [-0.1, -0.05) is 26.0 Å². The van der Waals surface area contributed by atoms with Crippen LogP contribution in [-0.4, -0.2) is 82.3 Å². The van der Waals surface area contributed by atoms with Crippen molar-refractivity contribution >= 4 is 28.2 Å². The first-order valence-electron chi connectivity index (χ1n) is 25.2. The Kier molecular flexibility index (Phi) is 15.0. The van der Waals surface area contributed by atoms with Gasteiger partial charge in [0.05, 0.1) is 13.7 Å². The highest BCUT2D eigenvalue weighted by Gasteiger charge is 2.30. The van der Waals surface area contributed by atoms with E-state index >= 15 is 4.39 Å². The predicted octanol–water partition coefficient (Wildman–Crippen LogP) is 12.3. The van der Waals surface area contributed by atoms with Crippen molar-refractivity contribution in [1.29, 1.82) is 0 Å². The van der Waals surface area contributed by atoms with E-state index in [0.717, 1.165) is 66.9 Å². The number of nitrogens with zero attached hydrogens (tertiary/aromatic N) is 10. The summed E-state index contributed by atoms with van der Waals surface area (Å²) in [6, 6.07) is 20.9. The summed E-state index contributed by atoms with van der Waals surface area (Å²) in [5.41, 5.74) is 6.69. The molecule has 0 aliphatic heterocycles. The minimum atomic E-state index is -1.39. The van der Waals surface area contributed by atoms with Gasteiger partial charge in [0.15, 0.2) is 34.4 Å². The topological polar surface area (TPSA) is 187 Å². The summed E-state index contributed by atoms with van der Waals surface area (Å²) in [4.78, 5) is 30.3. The normalized spacial score (nSPS) is 13.5. The molecule has 12 rings (SSSR count). The van der Waals surface area contributed by atoms with Crippen LogP contribution >= 0.6 is 0 Å². The van der Waals surface area contributed by atoms with Gasteiger partial charge in [-0.3, -0.25) is 0 Å². The summed E-state index contributed by atoms with van der Waals surface area (Å²) < 4.78 is 97.5. The van der Waals surface area contributed by atoms with Gasteiger partial charge in [0.1, 0.15) is 52.3 Å². The molecule has 4 aromatic carbocycles. The number of hydrogen-bond donors (Lipinski definition) is 1. The van der Waals surface area contributed by atoms with E-state index in [1.807, 2.05) is 52.1 Å². The lowest BCUT2D eigenvalue weighted by Gasteiger charge is -2.12. The van der Waals surface area contributed by atoms with Crippen molar-refractivity contribution in [2.24, 2.45) is 14.1 Å². The Morgan fingerprint density at radius 2 is 1.18 bits per heavy atom. The molecule has 402 valence electrons. The molecule has 10 aromatic rings. The number of benzene rings is 4. The molecule has 1 atom stereocenters. The number of hydrogen-bond acceptors (Lipinski definition) is 14. The van der Waals surface area contributed by atoms with Crippen LogP contribution in [0.3, 0.4) is 0 Å². The minimum absolute atomic E-state index is 0. The lowest BCUT2D eigenvalue weighted by Crippen LogP contribution is -2.29. The molecular weight excluding hydrogens is 1010 g/mol. The lowest BCUT2D eigenvalue weighted by atomic mass is 9.97. The Bertz CT molecular complexity index is 3870. The Hall–Kier alpha value is -8.56. The van der Waals surface area contributed by atoms with Crippen LogP contribution in [0.25, 0.3) is 90.4 Å². The Balaban J connectivity index is 0.000000184. The molecule has 6 heterocycles. The molecule has 2 aliphatic rings. The summed E-state index contributed by atoms with van der Waals surface area (Å²) in [6.45, 7) is 7.02. The van der Waals surface area contributed by atoms with Crippen LogP contribution in [0.1, 0.15) is 87.0 Å². The molecule has 0 bridgehead atoms. The highest BCUT2D eigenvalue weighted by molar-refractivity contribution is 5.94. The first-order chi connectivity index (χ1) is 37.7. The van der Waals surface area contributed by atoms with Crippen LogP contribution in [0.15, 0.2) is 100 Å². The molecule has 0 unspecified atom stereocenters. The Morgan fingerprint density at radius 1 is 0.667 bits per heavy atom. The Labute approximate surface area is 445 Å². The van der Waals surface area contributed by atoms with Gasteiger partial charge in [0.25, 0.3) is 0 Å². The second kappa shape index (κ2) is 22.2. The highest BCUT2D eigenvalue weighted by atomic mass is 19.2. The molecule has 2 fully saturated rings. The van der Waals surface area contributed by atoms with Crippen LogP contribution < -0.4 is 5.32 Å². The number of pyridine rings is 2. The van der Waals surface area contributed by atoms with E-state index in [-0.39, 0.29) is 47.8 Å². The van der Waals surface area contributed by atoms with Gasteiger partial charge < -0.3 is 32.8 Å². The number of halogens is 5. The fourth-order valence-electron chi connectivity index (χ4n) is 9.00. The molecule has 0 amide bonds. The van der Waals surface area contributed by atoms with Crippen LogP contribution in [0.2, 0.25) is 0 Å². The molecular formula is C57H54F5N11O5. The summed E-state index contributed by atoms with van der Waals surface area (Å²) in [5.74, 6) is -3.32. The number of methoxy groups -OCH3 is 2. The number of carbonyl (C=O) groups is 1. The van der Waals surface area contributed by atoms with Gasteiger partial charge in [0, 0.05) is 69.6 Å². The van der Waals surface area contributed by atoms with E-state index in [1.165, 1.54) is 36.7 Å². The zero-order valence-corrected chi connectivity index (χ0v) is 43.5. The highest BCUT2D eigenvalue weighted by Crippen LogP contribution is 2.45. The molecule has 2 aliphatic carbocycles. The van der Waals surface area contributed by atoms with E-state index in [0.29, 0.717) is 64.2 Å². The summed E-state index contributed by atoms with van der Waals surface area (Å²) >= 11 is 0. The maximum absolute atomic E-state index is 15.0. The minimum Gasteiger partial charge on any atom is -0.465 e. The summed E-state index contributed by atoms with van der Waals surface area (Å²) in [6.07, 6.45) is 7.07. The third-order valence-corrected chi connectivity index (χ3v) is 13.2. The van der Waals surface area contributed by atoms with Crippen molar-refractivity contribution in [2.45, 2.75) is 70.9 Å². The van der Waals surface area contributed by atoms with Crippen molar-refractivity contribution in [3.05, 3.63) is 143 Å². The Morgan fingerprint density at radius 3 is 1.65 bits per heavy atom. The van der Waals surface area contributed by atoms with Crippen molar-refractivity contribution in [2.75, 3.05) is 20.8 Å². The zero-order chi connectivity index (χ0) is 54.9. The first kappa shape index (κ1) is 52.9. The number of carbonyl (C=O) groups excluding carboxylic acids is 1. The number of aryl methyl sites for hydroxylation is 2. The van der Waals surface area contributed by atoms with Gasteiger partial charge in [0.2, 0.25) is 17.6 Å². The molecule has 6 aromatic heterocycles. The third kappa shape index (κ3) is 10.9. The molecule has 2 saturated carbocycles. The standard InChI is InChI=1S/C29H28F2N6O2.C26H18F3N5O3.C2H6.H2/c1-16(14-38-3)32-13-17-8-23(31)27-25(9-17)35-29(39-27)26-11-19(10-24(34-26)18-4-5-18)21-7-6-20(30)12-22(21)28-36-33-15-37(28)2;1-34-11-30-33-24(34)16-9-14(27)5-6-15(16)13-7-18(12-3-4-12)31-20(8-13)25-32-19-10-17(26(35)36-2)21(28)22(29)23(19)37-25;1-2;/h6-12,15-16,18,32H,4-5,13-14H2,1-3H3;5-12H,3-4H2,1-2H3;1-2H3;1H/t16-;;;/m1.../s1. The average molecular weight is 1070 g/mol. The second-order valence-electron chi connectivity index (χ2n) is 18.9. The van der Waals surface area contributed by atoms with E-state index in [1.54, 1.807) is 47.8 Å². The number of aromatic nitrogens is 10.